The summed E-state index contributed by atoms with van der Waals surface area (Å²) in [5.74, 6) is -3.04. The molecule has 1 aliphatic rings. The molecular weight excluding hydrogens is 418 g/mol. The number of hydrogen-bond acceptors (Lipinski definition) is 5. The summed E-state index contributed by atoms with van der Waals surface area (Å²) in [6.45, 7) is 5.99. The number of amides is 1. The van der Waals surface area contributed by atoms with Crippen LogP contribution in [0.3, 0.4) is 0 Å². The third-order valence-corrected chi connectivity index (χ3v) is 5.60. The standard InChI is InChI=1S/C22H26F2N6O2/c1-4-8-30-15(3)20(14(2)28-30)18-9-19(27-26-18)21(31)29-13-22(23,24)10-16(29)12-32-17-6-5-7-25-11-17/h5-7,9,11,16H,4,8,10,12-13H2,1-3H3,(H,26,27)/t16-/m0/s1. The summed E-state index contributed by atoms with van der Waals surface area (Å²) in [5, 5.41) is 11.5. The van der Waals surface area contributed by atoms with Crippen LogP contribution in [0.2, 0.25) is 0 Å². The molecule has 1 amide bonds. The molecule has 4 heterocycles. The number of pyridine rings is 1. The average Bonchev–Trinajstić information content (AvgIpc) is 3.43. The van der Waals surface area contributed by atoms with Gasteiger partial charge in [0.15, 0.2) is 0 Å². The van der Waals surface area contributed by atoms with Gasteiger partial charge in [-0.2, -0.15) is 10.2 Å². The molecule has 10 heteroatoms. The summed E-state index contributed by atoms with van der Waals surface area (Å²) < 4.78 is 35.9. The summed E-state index contributed by atoms with van der Waals surface area (Å²) >= 11 is 0. The van der Waals surface area contributed by atoms with Crippen molar-refractivity contribution in [2.75, 3.05) is 13.2 Å². The minimum absolute atomic E-state index is 0.0456. The Morgan fingerprint density at radius 1 is 1.38 bits per heavy atom. The van der Waals surface area contributed by atoms with Crippen LogP contribution in [0.4, 0.5) is 8.78 Å². The molecule has 3 aromatic rings. The van der Waals surface area contributed by atoms with Gasteiger partial charge >= 0.3 is 0 Å². The van der Waals surface area contributed by atoms with Crippen molar-refractivity contribution in [1.29, 1.82) is 0 Å². The van der Waals surface area contributed by atoms with Crippen LogP contribution in [0.1, 0.15) is 41.6 Å². The lowest BCUT2D eigenvalue weighted by Gasteiger charge is -2.23. The monoisotopic (exact) mass is 444 g/mol. The molecule has 170 valence electrons. The number of aromatic amines is 1. The van der Waals surface area contributed by atoms with Gasteiger partial charge in [0, 0.05) is 30.4 Å². The number of alkyl halides is 2. The van der Waals surface area contributed by atoms with Gasteiger partial charge in [-0.1, -0.05) is 6.92 Å². The summed E-state index contributed by atoms with van der Waals surface area (Å²) in [6.07, 6.45) is 3.58. The van der Waals surface area contributed by atoms with Crippen molar-refractivity contribution in [3.63, 3.8) is 0 Å². The number of rotatable bonds is 7. The van der Waals surface area contributed by atoms with Gasteiger partial charge in [-0.3, -0.25) is 19.6 Å². The molecule has 1 atom stereocenters. The van der Waals surface area contributed by atoms with E-state index in [0.717, 1.165) is 34.8 Å². The van der Waals surface area contributed by atoms with E-state index in [4.69, 9.17) is 4.74 Å². The van der Waals surface area contributed by atoms with E-state index in [1.165, 1.54) is 6.20 Å². The van der Waals surface area contributed by atoms with Gasteiger partial charge in [0.25, 0.3) is 11.8 Å². The number of likely N-dealkylation sites (tertiary alicyclic amines) is 1. The molecule has 0 radical (unpaired) electrons. The van der Waals surface area contributed by atoms with Crippen LogP contribution in [0.15, 0.2) is 30.6 Å². The van der Waals surface area contributed by atoms with Gasteiger partial charge < -0.3 is 9.64 Å². The van der Waals surface area contributed by atoms with Crippen LogP contribution < -0.4 is 4.74 Å². The minimum atomic E-state index is -2.98. The van der Waals surface area contributed by atoms with E-state index < -0.39 is 30.8 Å². The highest BCUT2D eigenvalue weighted by atomic mass is 19.3. The number of hydrogen-bond donors (Lipinski definition) is 1. The largest absolute Gasteiger partial charge is 0.490 e. The minimum Gasteiger partial charge on any atom is -0.490 e. The molecule has 32 heavy (non-hydrogen) atoms. The van der Waals surface area contributed by atoms with E-state index in [-0.39, 0.29) is 12.3 Å². The zero-order valence-electron chi connectivity index (χ0n) is 18.3. The van der Waals surface area contributed by atoms with Crippen molar-refractivity contribution in [3.05, 3.63) is 47.7 Å². The first-order valence-corrected chi connectivity index (χ1v) is 10.6. The van der Waals surface area contributed by atoms with Gasteiger partial charge in [0.05, 0.1) is 30.2 Å². The van der Waals surface area contributed by atoms with Crippen LogP contribution in [-0.4, -0.2) is 60.9 Å². The van der Waals surface area contributed by atoms with Crippen molar-refractivity contribution in [2.45, 2.75) is 52.1 Å². The third-order valence-electron chi connectivity index (χ3n) is 5.60. The first kappa shape index (κ1) is 21.9. The number of nitrogens with zero attached hydrogens (tertiary/aromatic N) is 5. The Kier molecular flexibility index (Phi) is 5.94. The Bertz CT molecular complexity index is 1100. The van der Waals surface area contributed by atoms with Crippen molar-refractivity contribution < 1.29 is 18.3 Å². The lowest BCUT2D eigenvalue weighted by atomic mass is 10.1. The molecular formula is C22H26F2N6O2. The number of halogens is 2. The second kappa shape index (κ2) is 8.68. The fourth-order valence-corrected chi connectivity index (χ4v) is 4.12. The summed E-state index contributed by atoms with van der Waals surface area (Å²) in [5.41, 5.74) is 3.32. The van der Waals surface area contributed by atoms with Crippen molar-refractivity contribution in [1.82, 2.24) is 29.9 Å². The molecule has 1 saturated heterocycles. The van der Waals surface area contributed by atoms with E-state index in [2.05, 4.69) is 27.2 Å². The fraction of sp³-hybridized carbons (Fsp3) is 0.455. The Morgan fingerprint density at radius 3 is 2.91 bits per heavy atom. The van der Waals surface area contributed by atoms with Crippen LogP contribution in [0, 0.1) is 13.8 Å². The second-order valence-corrected chi connectivity index (χ2v) is 8.08. The van der Waals surface area contributed by atoms with Crippen LogP contribution in [0.25, 0.3) is 11.3 Å². The number of aryl methyl sites for hydroxylation is 2. The molecule has 3 aromatic heterocycles. The first-order chi connectivity index (χ1) is 15.3. The van der Waals surface area contributed by atoms with Crippen LogP contribution in [0.5, 0.6) is 5.75 Å². The molecule has 8 nitrogen and oxygen atoms in total. The number of ether oxygens (including phenoxy) is 1. The molecule has 0 saturated carbocycles. The Morgan fingerprint density at radius 2 is 2.19 bits per heavy atom. The Hall–Kier alpha value is -3.30. The zero-order chi connectivity index (χ0) is 22.9. The Balaban J connectivity index is 1.54. The molecule has 0 bridgehead atoms. The molecule has 0 unspecified atom stereocenters. The summed E-state index contributed by atoms with van der Waals surface area (Å²) in [6, 6.07) is 4.22. The lowest BCUT2D eigenvalue weighted by Crippen LogP contribution is -2.39. The molecule has 1 fully saturated rings. The molecule has 0 aliphatic carbocycles. The number of aromatic nitrogens is 5. The van der Waals surface area contributed by atoms with E-state index in [0.29, 0.717) is 11.4 Å². The lowest BCUT2D eigenvalue weighted by molar-refractivity contribution is 0.0115. The quantitative estimate of drug-likeness (QED) is 0.601. The number of H-pyrrole nitrogens is 1. The SMILES string of the molecule is CCCn1nc(C)c(-c2cc(C(=O)N3CC(F)(F)C[C@H]3COc3cccnc3)[nH]n2)c1C. The van der Waals surface area contributed by atoms with Crippen molar-refractivity contribution in [3.8, 4) is 17.0 Å². The van der Waals surface area contributed by atoms with Crippen molar-refractivity contribution in [2.24, 2.45) is 0 Å². The Labute approximate surface area is 184 Å². The third kappa shape index (κ3) is 4.35. The fourth-order valence-electron chi connectivity index (χ4n) is 4.12. The maximum Gasteiger partial charge on any atom is 0.272 e. The van der Waals surface area contributed by atoms with Crippen molar-refractivity contribution >= 4 is 5.91 Å². The number of carbonyl (C=O) groups is 1. The van der Waals surface area contributed by atoms with E-state index in [1.54, 1.807) is 24.4 Å². The predicted octanol–water partition coefficient (Wildman–Crippen LogP) is 3.62. The van der Waals surface area contributed by atoms with Gasteiger partial charge in [0.2, 0.25) is 0 Å². The zero-order valence-corrected chi connectivity index (χ0v) is 18.3. The highest BCUT2D eigenvalue weighted by Gasteiger charge is 2.47. The highest BCUT2D eigenvalue weighted by Crippen LogP contribution is 2.34. The number of nitrogens with one attached hydrogen (secondary N) is 1. The smallest absolute Gasteiger partial charge is 0.272 e. The summed E-state index contributed by atoms with van der Waals surface area (Å²) in [4.78, 5) is 18.2. The normalized spacial score (nSPS) is 17.7. The average molecular weight is 444 g/mol. The van der Waals surface area contributed by atoms with E-state index in [9.17, 15) is 13.6 Å². The molecule has 1 aliphatic heterocycles. The van der Waals surface area contributed by atoms with E-state index in [1.807, 2.05) is 18.5 Å². The van der Waals surface area contributed by atoms with Gasteiger partial charge in [-0.05, 0) is 38.5 Å². The van der Waals surface area contributed by atoms with Gasteiger partial charge in [-0.25, -0.2) is 8.78 Å². The molecule has 0 spiro atoms. The first-order valence-electron chi connectivity index (χ1n) is 10.6. The highest BCUT2D eigenvalue weighted by molar-refractivity contribution is 5.94. The topological polar surface area (TPSA) is 88.9 Å². The molecule has 1 N–H and O–H groups in total. The number of carbonyl (C=O) groups excluding carboxylic acids is 1. The van der Waals surface area contributed by atoms with Gasteiger partial charge in [0.1, 0.15) is 18.1 Å². The van der Waals surface area contributed by atoms with E-state index >= 15 is 0 Å². The molecule has 4 rings (SSSR count). The molecule has 0 aromatic carbocycles. The summed E-state index contributed by atoms with van der Waals surface area (Å²) in [7, 11) is 0. The second-order valence-electron chi connectivity index (χ2n) is 8.08. The maximum absolute atomic E-state index is 14.2. The van der Waals surface area contributed by atoms with Crippen LogP contribution in [-0.2, 0) is 6.54 Å². The van der Waals surface area contributed by atoms with Gasteiger partial charge in [-0.15, -0.1) is 0 Å². The predicted molar refractivity (Wildman–Crippen MR) is 114 cm³/mol. The maximum atomic E-state index is 14.2. The van der Waals surface area contributed by atoms with Crippen LogP contribution >= 0.6 is 0 Å².